The monoisotopic (exact) mass is 210 g/mol. The van der Waals surface area contributed by atoms with Crippen LogP contribution < -0.4 is 10.6 Å². The fourth-order valence-electron chi connectivity index (χ4n) is 0.976. The van der Waals surface area contributed by atoms with Gasteiger partial charge in [0.1, 0.15) is 5.82 Å². The maximum atomic E-state index is 12.7. The molecule has 0 saturated carbocycles. The third-order valence-corrected chi connectivity index (χ3v) is 1.61. The van der Waals surface area contributed by atoms with Gasteiger partial charge in [-0.15, -0.1) is 0 Å². The fraction of sp³-hybridized carbons (Fsp3) is 0.200. The largest absolute Gasteiger partial charge is 0.347 e. The Bertz CT molecular complexity index is 379. The molecule has 0 bridgehead atoms. The number of anilines is 1. The summed E-state index contributed by atoms with van der Waals surface area (Å²) in [6.45, 7) is 1.20. The summed E-state index contributed by atoms with van der Waals surface area (Å²) in [4.78, 5) is 21.7. The van der Waals surface area contributed by atoms with Gasteiger partial charge in [0.15, 0.2) is 0 Å². The minimum Gasteiger partial charge on any atom is -0.347 e. The van der Waals surface area contributed by atoms with Gasteiger partial charge in [0.05, 0.1) is 6.54 Å². The van der Waals surface area contributed by atoms with Gasteiger partial charge in [0.2, 0.25) is 11.8 Å². The van der Waals surface area contributed by atoms with Crippen LogP contribution in [0.5, 0.6) is 0 Å². The molecule has 5 heteroatoms. The summed E-state index contributed by atoms with van der Waals surface area (Å²) in [5.74, 6) is -1.10. The molecule has 2 amide bonds. The second-order valence-corrected chi connectivity index (χ2v) is 2.97. The van der Waals surface area contributed by atoms with E-state index in [1.54, 1.807) is 6.07 Å². The maximum absolute atomic E-state index is 12.7. The van der Waals surface area contributed by atoms with Gasteiger partial charge >= 0.3 is 0 Å². The second-order valence-electron chi connectivity index (χ2n) is 2.97. The molecule has 0 atom stereocenters. The molecule has 0 saturated heterocycles. The van der Waals surface area contributed by atoms with E-state index in [9.17, 15) is 14.0 Å². The number of halogens is 1. The second kappa shape index (κ2) is 5.09. The molecule has 80 valence electrons. The SMILES string of the molecule is CC(=O)NCC(=O)Nc1cccc(F)c1. The Hall–Kier alpha value is -1.91. The third-order valence-electron chi connectivity index (χ3n) is 1.61. The Balaban J connectivity index is 2.48. The molecule has 2 N–H and O–H groups in total. The number of hydrogen-bond donors (Lipinski definition) is 2. The highest BCUT2D eigenvalue weighted by atomic mass is 19.1. The molecule has 1 aromatic rings. The van der Waals surface area contributed by atoms with Gasteiger partial charge in [-0.25, -0.2) is 4.39 Å². The Morgan fingerprint density at radius 2 is 2.13 bits per heavy atom. The van der Waals surface area contributed by atoms with Crippen LogP contribution >= 0.6 is 0 Å². The first-order chi connectivity index (χ1) is 7.08. The van der Waals surface area contributed by atoms with Crippen LogP contribution in [0.25, 0.3) is 0 Å². The van der Waals surface area contributed by atoms with E-state index in [4.69, 9.17) is 0 Å². The van der Waals surface area contributed by atoms with Gasteiger partial charge in [0, 0.05) is 12.6 Å². The van der Waals surface area contributed by atoms with Gasteiger partial charge in [-0.2, -0.15) is 0 Å². The third kappa shape index (κ3) is 4.21. The molecule has 0 heterocycles. The first kappa shape index (κ1) is 11.2. The van der Waals surface area contributed by atoms with Crippen molar-refractivity contribution >= 4 is 17.5 Å². The van der Waals surface area contributed by atoms with Gasteiger partial charge < -0.3 is 10.6 Å². The lowest BCUT2D eigenvalue weighted by atomic mass is 10.3. The summed E-state index contributed by atoms with van der Waals surface area (Å²) in [6, 6.07) is 5.53. The average molecular weight is 210 g/mol. The van der Waals surface area contributed by atoms with Gasteiger partial charge in [0.25, 0.3) is 0 Å². The fourth-order valence-corrected chi connectivity index (χ4v) is 0.976. The number of rotatable bonds is 3. The molecule has 1 aromatic carbocycles. The Morgan fingerprint density at radius 3 is 2.73 bits per heavy atom. The number of nitrogens with one attached hydrogen (secondary N) is 2. The Kier molecular flexibility index (Phi) is 3.79. The first-order valence-corrected chi connectivity index (χ1v) is 4.38. The quantitative estimate of drug-likeness (QED) is 0.778. The topological polar surface area (TPSA) is 58.2 Å². The standard InChI is InChI=1S/C10H11FN2O2/c1-7(14)12-6-10(15)13-9-4-2-3-8(11)5-9/h2-5H,6H2,1H3,(H,12,14)(H,13,15). The predicted molar refractivity (Wildman–Crippen MR) is 53.7 cm³/mol. The van der Waals surface area contributed by atoms with Gasteiger partial charge in [-0.05, 0) is 18.2 Å². The van der Waals surface area contributed by atoms with E-state index in [1.807, 2.05) is 0 Å². The van der Waals surface area contributed by atoms with Crippen LogP contribution in [-0.2, 0) is 9.59 Å². The maximum Gasteiger partial charge on any atom is 0.243 e. The summed E-state index contributed by atoms with van der Waals surface area (Å²) in [5.41, 5.74) is 0.366. The lowest BCUT2D eigenvalue weighted by Crippen LogP contribution is -2.31. The molecule has 15 heavy (non-hydrogen) atoms. The summed E-state index contributed by atoms with van der Waals surface area (Å²) in [7, 11) is 0. The van der Waals surface area contributed by atoms with Crippen molar-refractivity contribution in [2.75, 3.05) is 11.9 Å². The van der Waals surface area contributed by atoms with Crippen molar-refractivity contribution in [1.29, 1.82) is 0 Å². The van der Waals surface area contributed by atoms with E-state index in [0.29, 0.717) is 5.69 Å². The van der Waals surface area contributed by atoms with Crippen molar-refractivity contribution in [3.63, 3.8) is 0 Å². The van der Waals surface area contributed by atoms with E-state index in [-0.39, 0.29) is 12.5 Å². The number of amides is 2. The van der Waals surface area contributed by atoms with Crippen molar-refractivity contribution in [1.82, 2.24) is 5.32 Å². The number of carbonyl (C=O) groups is 2. The molecule has 0 aliphatic carbocycles. The molecule has 0 radical (unpaired) electrons. The molecular weight excluding hydrogens is 199 g/mol. The van der Waals surface area contributed by atoms with Gasteiger partial charge in [-0.1, -0.05) is 6.07 Å². The van der Waals surface area contributed by atoms with Crippen LogP contribution in [0, 0.1) is 5.82 Å². The lowest BCUT2D eigenvalue weighted by Gasteiger charge is -2.05. The summed E-state index contributed by atoms with van der Waals surface area (Å²) >= 11 is 0. The lowest BCUT2D eigenvalue weighted by molar-refractivity contribution is -0.122. The molecule has 0 aromatic heterocycles. The van der Waals surface area contributed by atoms with Crippen molar-refractivity contribution in [3.8, 4) is 0 Å². The highest BCUT2D eigenvalue weighted by molar-refractivity contribution is 5.94. The smallest absolute Gasteiger partial charge is 0.243 e. The van der Waals surface area contributed by atoms with Crippen LogP contribution in [0.1, 0.15) is 6.92 Å². The van der Waals surface area contributed by atoms with Gasteiger partial charge in [-0.3, -0.25) is 9.59 Å². The molecule has 0 fully saturated rings. The minimum absolute atomic E-state index is 0.119. The molecule has 1 rings (SSSR count). The number of hydrogen-bond acceptors (Lipinski definition) is 2. The highest BCUT2D eigenvalue weighted by Gasteiger charge is 2.03. The van der Waals surface area contributed by atoms with E-state index >= 15 is 0 Å². The normalized spacial score (nSPS) is 9.47. The Labute approximate surface area is 86.5 Å². The highest BCUT2D eigenvalue weighted by Crippen LogP contribution is 2.08. The Morgan fingerprint density at radius 1 is 1.40 bits per heavy atom. The van der Waals surface area contributed by atoms with Crippen molar-refractivity contribution in [2.45, 2.75) is 6.92 Å². The average Bonchev–Trinajstić information content (AvgIpc) is 2.15. The van der Waals surface area contributed by atoms with E-state index in [1.165, 1.54) is 25.1 Å². The molecule has 0 unspecified atom stereocenters. The molecule has 0 aliphatic heterocycles. The van der Waals surface area contributed by atoms with E-state index in [2.05, 4.69) is 10.6 Å². The summed E-state index contributed by atoms with van der Waals surface area (Å²) < 4.78 is 12.7. The van der Waals surface area contributed by atoms with Crippen LogP contribution in [0.2, 0.25) is 0 Å². The summed E-state index contributed by atoms with van der Waals surface area (Å²) in [5, 5.41) is 4.78. The van der Waals surface area contributed by atoms with Crippen molar-refractivity contribution in [2.24, 2.45) is 0 Å². The molecular formula is C10H11FN2O2. The minimum atomic E-state index is -0.424. The van der Waals surface area contributed by atoms with E-state index < -0.39 is 11.7 Å². The molecule has 0 aliphatic rings. The van der Waals surface area contributed by atoms with Crippen LogP contribution in [0.4, 0.5) is 10.1 Å². The molecule has 0 spiro atoms. The number of carbonyl (C=O) groups excluding carboxylic acids is 2. The predicted octanol–water partition coefficient (Wildman–Crippen LogP) is 0.900. The zero-order chi connectivity index (χ0) is 11.3. The van der Waals surface area contributed by atoms with Crippen LogP contribution in [0.15, 0.2) is 24.3 Å². The number of benzene rings is 1. The molecule has 4 nitrogen and oxygen atoms in total. The van der Waals surface area contributed by atoms with E-state index in [0.717, 1.165) is 0 Å². The van der Waals surface area contributed by atoms with Crippen molar-refractivity contribution < 1.29 is 14.0 Å². The van der Waals surface area contributed by atoms with Crippen LogP contribution in [-0.4, -0.2) is 18.4 Å². The first-order valence-electron chi connectivity index (χ1n) is 4.38. The zero-order valence-electron chi connectivity index (χ0n) is 8.21. The van der Waals surface area contributed by atoms with Crippen LogP contribution in [0.3, 0.4) is 0 Å². The summed E-state index contributed by atoms with van der Waals surface area (Å²) in [6.07, 6.45) is 0. The van der Waals surface area contributed by atoms with Crippen molar-refractivity contribution in [3.05, 3.63) is 30.1 Å². The zero-order valence-corrected chi connectivity index (χ0v) is 8.21.